The fourth-order valence-electron chi connectivity index (χ4n) is 3.79. The van der Waals surface area contributed by atoms with Crippen LogP contribution in [0.15, 0.2) is 54.6 Å². The summed E-state index contributed by atoms with van der Waals surface area (Å²) in [5.74, 6) is 0.123. The van der Waals surface area contributed by atoms with Crippen LogP contribution in [0.25, 0.3) is 0 Å². The first-order valence-electron chi connectivity index (χ1n) is 10.5. The number of piperazine rings is 1. The van der Waals surface area contributed by atoms with Gasteiger partial charge < -0.3 is 15.1 Å². The number of carbonyl (C=O) groups excluding carboxylic acids is 1. The van der Waals surface area contributed by atoms with E-state index >= 15 is 0 Å². The van der Waals surface area contributed by atoms with Crippen molar-refractivity contribution in [2.24, 2.45) is 0 Å². The smallest absolute Gasteiger partial charge is 0.220 e. The molecule has 1 atom stereocenters. The van der Waals surface area contributed by atoms with E-state index in [-0.39, 0.29) is 11.9 Å². The maximum Gasteiger partial charge on any atom is 0.220 e. The van der Waals surface area contributed by atoms with Gasteiger partial charge in [0.25, 0.3) is 0 Å². The van der Waals surface area contributed by atoms with Crippen molar-refractivity contribution < 1.29 is 4.79 Å². The summed E-state index contributed by atoms with van der Waals surface area (Å²) in [6, 6.07) is 19.1. The Kier molecular flexibility index (Phi) is 7.67. The standard InChI is InChI=1S/C24H34N4O/c1-26(2)22-12-10-21(11-13-22)23(28-17-15-27(3)16-18-28)19-25-24(29)14-9-20-7-5-4-6-8-20/h4-8,10-13,23H,9,14-19H2,1-3H3,(H,25,29)/t23-/m1/s1. The minimum absolute atomic E-state index is 0.123. The second-order valence-corrected chi connectivity index (χ2v) is 8.13. The van der Waals surface area contributed by atoms with Gasteiger partial charge in [-0.25, -0.2) is 0 Å². The van der Waals surface area contributed by atoms with Crippen molar-refractivity contribution in [3.8, 4) is 0 Å². The van der Waals surface area contributed by atoms with Gasteiger partial charge in [-0.15, -0.1) is 0 Å². The quantitative estimate of drug-likeness (QED) is 0.747. The Bertz CT molecular complexity index is 752. The normalized spacial score (nSPS) is 16.4. The third-order valence-electron chi connectivity index (χ3n) is 5.75. The first-order valence-corrected chi connectivity index (χ1v) is 10.5. The minimum atomic E-state index is 0.123. The second kappa shape index (κ2) is 10.4. The molecule has 156 valence electrons. The van der Waals surface area contributed by atoms with Crippen molar-refractivity contribution in [2.45, 2.75) is 18.9 Å². The van der Waals surface area contributed by atoms with Gasteiger partial charge in [0.1, 0.15) is 0 Å². The molecule has 0 radical (unpaired) electrons. The number of amides is 1. The first-order chi connectivity index (χ1) is 14.0. The number of benzene rings is 2. The van der Waals surface area contributed by atoms with Crippen LogP contribution >= 0.6 is 0 Å². The highest BCUT2D eigenvalue weighted by molar-refractivity contribution is 5.76. The summed E-state index contributed by atoms with van der Waals surface area (Å²) in [6.07, 6.45) is 1.31. The lowest BCUT2D eigenvalue weighted by Crippen LogP contribution is -2.48. The Hall–Kier alpha value is -2.37. The van der Waals surface area contributed by atoms with Crippen molar-refractivity contribution in [1.29, 1.82) is 0 Å². The molecule has 5 nitrogen and oxygen atoms in total. The largest absolute Gasteiger partial charge is 0.378 e. The lowest BCUT2D eigenvalue weighted by molar-refractivity contribution is -0.121. The summed E-state index contributed by atoms with van der Waals surface area (Å²) < 4.78 is 0. The van der Waals surface area contributed by atoms with Crippen LogP contribution in [0, 0.1) is 0 Å². The van der Waals surface area contributed by atoms with Gasteiger partial charge in [-0.1, -0.05) is 42.5 Å². The van der Waals surface area contributed by atoms with Crippen LogP contribution in [0.4, 0.5) is 5.69 Å². The number of hydrogen-bond acceptors (Lipinski definition) is 4. The number of hydrogen-bond donors (Lipinski definition) is 1. The third kappa shape index (κ3) is 6.31. The van der Waals surface area contributed by atoms with E-state index in [1.54, 1.807) is 0 Å². The molecule has 0 aliphatic carbocycles. The molecule has 1 saturated heterocycles. The number of nitrogens with zero attached hydrogens (tertiary/aromatic N) is 3. The second-order valence-electron chi connectivity index (χ2n) is 8.13. The van der Waals surface area contributed by atoms with E-state index < -0.39 is 0 Å². The molecule has 1 aliphatic rings. The van der Waals surface area contributed by atoms with Gasteiger partial charge >= 0.3 is 0 Å². The summed E-state index contributed by atoms with van der Waals surface area (Å²) in [5, 5.41) is 3.19. The molecule has 0 bridgehead atoms. The molecular formula is C24H34N4O. The monoisotopic (exact) mass is 394 g/mol. The highest BCUT2D eigenvalue weighted by Crippen LogP contribution is 2.24. The minimum Gasteiger partial charge on any atom is -0.378 e. The zero-order chi connectivity index (χ0) is 20.6. The predicted octanol–water partition coefficient (Wildman–Crippen LogP) is 2.79. The Morgan fingerprint density at radius 1 is 1.00 bits per heavy atom. The Morgan fingerprint density at radius 3 is 2.28 bits per heavy atom. The van der Waals surface area contributed by atoms with Crippen molar-refractivity contribution >= 4 is 11.6 Å². The fourth-order valence-corrected chi connectivity index (χ4v) is 3.79. The molecule has 29 heavy (non-hydrogen) atoms. The Morgan fingerprint density at radius 2 is 1.66 bits per heavy atom. The number of nitrogens with one attached hydrogen (secondary N) is 1. The Balaban J connectivity index is 1.62. The van der Waals surface area contributed by atoms with Crippen LogP contribution in [-0.2, 0) is 11.2 Å². The van der Waals surface area contributed by atoms with Gasteiger partial charge in [-0.3, -0.25) is 9.69 Å². The number of anilines is 1. The average molecular weight is 395 g/mol. The van der Waals surface area contributed by atoms with Crippen LogP contribution in [0.5, 0.6) is 0 Å². The summed E-state index contributed by atoms with van der Waals surface area (Å²) >= 11 is 0. The Labute approximate surface area is 175 Å². The highest BCUT2D eigenvalue weighted by atomic mass is 16.1. The van der Waals surface area contributed by atoms with Crippen molar-refractivity contribution in [3.05, 3.63) is 65.7 Å². The van der Waals surface area contributed by atoms with E-state index in [1.807, 2.05) is 18.2 Å². The van der Waals surface area contributed by atoms with Crippen molar-refractivity contribution in [3.63, 3.8) is 0 Å². The fraction of sp³-hybridized carbons (Fsp3) is 0.458. The maximum atomic E-state index is 12.5. The van der Waals surface area contributed by atoms with Crippen LogP contribution in [0.3, 0.4) is 0 Å². The molecule has 0 saturated carbocycles. The van der Waals surface area contributed by atoms with Crippen LogP contribution in [0.1, 0.15) is 23.6 Å². The molecule has 3 rings (SSSR count). The summed E-state index contributed by atoms with van der Waals surface area (Å²) in [7, 11) is 6.28. The third-order valence-corrected chi connectivity index (χ3v) is 5.75. The van der Waals surface area contributed by atoms with E-state index in [2.05, 4.69) is 77.6 Å². The van der Waals surface area contributed by atoms with E-state index in [0.717, 1.165) is 32.6 Å². The molecule has 0 spiro atoms. The predicted molar refractivity (Wildman–Crippen MR) is 120 cm³/mol. The lowest BCUT2D eigenvalue weighted by atomic mass is 10.0. The molecule has 1 amide bonds. The molecule has 1 fully saturated rings. The number of rotatable bonds is 8. The first kappa shape index (κ1) is 21.3. The summed E-state index contributed by atoms with van der Waals surface area (Å²) in [4.78, 5) is 19.5. The molecule has 1 heterocycles. The zero-order valence-corrected chi connectivity index (χ0v) is 18.0. The van der Waals surface area contributed by atoms with E-state index in [0.29, 0.717) is 13.0 Å². The summed E-state index contributed by atoms with van der Waals surface area (Å²) in [5.41, 5.74) is 3.67. The molecule has 2 aromatic carbocycles. The highest BCUT2D eigenvalue weighted by Gasteiger charge is 2.24. The van der Waals surface area contributed by atoms with E-state index in [4.69, 9.17) is 0 Å². The molecule has 0 unspecified atom stereocenters. The number of aryl methyl sites for hydroxylation is 1. The van der Waals surface area contributed by atoms with Gasteiger partial charge in [0.15, 0.2) is 0 Å². The van der Waals surface area contributed by atoms with E-state index in [9.17, 15) is 4.79 Å². The zero-order valence-electron chi connectivity index (χ0n) is 18.0. The lowest BCUT2D eigenvalue weighted by Gasteiger charge is -2.38. The van der Waals surface area contributed by atoms with Gasteiger partial charge in [-0.05, 0) is 36.7 Å². The van der Waals surface area contributed by atoms with Crippen molar-refractivity contribution in [1.82, 2.24) is 15.1 Å². The van der Waals surface area contributed by atoms with Gasteiger partial charge in [-0.2, -0.15) is 0 Å². The molecular weight excluding hydrogens is 360 g/mol. The van der Waals surface area contributed by atoms with Crippen LogP contribution in [-0.4, -0.2) is 69.6 Å². The van der Waals surface area contributed by atoms with Crippen LogP contribution < -0.4 is 10.2 Å². The average Bonchev–Trinajstić information content (AvgIpc) is 2.74. The van der Waals surface area contributed by atoms with Gasteiger partial charge in [0.05, 0.1) is 6.04 Å². The molecule has 2 aromatic rings. The topological polar surface area (TPSA) is 38.8 Å². The molecule has 1 N–H and O–H groups in total. The van der Waals surface area contributed by atoms with E-state index in [1.165, 1.54) is 16.8 Å². The summed E-state index contributed by atoms with van der Waals surface area (Å²) in [6.45, 7) is 4.83. The molecule has 5 heteroatoms. The van der Waals surface area contributed by atoms with Gasteiger partial charge in [0, 0.05) is 58.9 Å². The number of carbonyl (C=O) groups is 1. The maximum absolute atomic E-state index is 12.5. The molecule has 1 aliphatic heterocycles. The van der Waals surface area contributed by atoms with Crippen LogP contribution in [0.2, 0.25) is 0 Å². The molecule has 0 aromatic heterocycles. The SMILES string of the molecule is CN1CCN([C@H](CNC(=O)CCc2ccccc2)c2ccc(N(C)C)cc2)CC1. The number of likely N-dealkylation sites (N-methyl/N-ethyl adjacent to an activating group) is 1. The van der Waals surface area contributed by atoms with Crippen molar-refractivity contribution in [2.75, 3.05) is 58.8 Å². The van der Waals surface area contributed by atoms with Gasteiger partial charge in [0.2, 0.25) is 5.91 Å².